The summed E-state index contributed by atoms with van der Waals surface area (Å²) in [6.45, 7) is 1.74. The lowest BCUT2D eigenvalue weighted by Crippen LogP contribution is -2.41. The van der Waals surface area contributed by atoms with E-state index in [2.05, 4.69) is 15.9 Å². The molecule has 0 saturated carbocycles. The van der Waals surface area contributed by atoms with Gasteiger partial charge in [0.1, 0.15) is 6.04 Å². The highest BCUT2D eigenvalue weighted by Gasteiger charge is 2.22. The van der Waals surface area contributed by atoms with Crippen molar-refractivity contribution in [1.82, 2.24) is 4.90 Å². The molecular formula is C14H16BrNO3. The number of aliphatic carboxylic acids is 1. The Bertz CT molecular complexity index is 482. The molecule has 0 heterocycles. The van der Waals surface area contributed by atoms with E-state index in [0.29, 0.717) is 6.42 Å². The average Bonchev–Trinajstić information content (AvgIpc) is 2.38. The first-order valence-electron chi connectivity index (χ1n) is 5.89. The highest BCUT2D eigenvalue weighted by molar-refractivity contribution is 9.10. The second kappa shape index (κ2) is 7.09. The van der Waals surface area contributed by atoms with Crippen molar-refractivity contribution in [2.75, 3.05) is 7.05 Å². The van der Waals surface area contributed by atoms with Gasteiger partial charge in [-0.25, -0.2) is 4.79 Å². The molecule has 0 aliphatic heterocycles. The standard InChI is InChI=1S/C14H16BrNO3/c1-3-12(14(18)19)16(2)13(17)9-6-10-4-7-11(15)8-5-10/h4-9,12H,3H2,1-2H3,(H,18,19). The number of hydrogen-bond donors (Lipinski definition) is 1. The molecule has 5 heteroatoms. The Kier molecular flexibility index (Phi) is 5.76. The summed E-state index contributed by atoms with van der Waals surface area (Å²) < 4.78 is 0.963. The van der Waals surface area contributed by atoms with Crippen molar-refractivity contribution < 1.29 is 14.7 Å². The van der Waals surface area contributed by atoms with Gasteiger partial charge in [0.25, 0.3) is 0 Å². The monoisotopic (exact) mass is 325 g/mol. The highest BCUT2D eigenvalue weighted by atomic mass is 79.9. The molecule has 0 aliphatic carbocycles. The van der Waals surface area contributed by atoms with Gasteiger partial charge < -0.3 is 10.0 Å². The number of benzene rings is 1. The molecule has 1 amide bonds. The Morgan fingerprint density at radius 2 is 1.95 bits per heavy atom. The van der Waals surface area contributed by atoms with Gasteiger partial charge >= 0.3 is 5.97 Å². The molecule has 0 aromatic heterocycles. The lowest BCUT2D eigenvalue weighted by Gasteiger charge is -2.22. The molecule has 4 nitrogen and oxygen atoms in total. The van der Waals surface area contributed by atoms with Crippen LogP contribution in [0.5, 0.6) is 0 Å². The Morgan fingerprint density at radius 1 is 1.37 bits per heavy atom. The minimum Gasteiger partial charge on any atom is -0.480 e. The molecule has 0 aliphatic rings. The van der Waals surface area contributed by atoms with Crippen LogP contribution in [0.3, 0.4) is 0 Å². The van der Waals surface area contributed by atoms with Crippen molar-refractivity contribution in [3.05, 3.63) is 40.4 Å². The van der Waals surface area contributed by atoms with Crippen LogP contribution in [0.4, 0.5) is 0 Å². The Hall–Kier alpha value is -1.62. The van der Waals surface area contributed by atoms with Crippen LogP contribution in [0.1, 0.15) is 18.9 Å². The minimum absolute atomic E-state index is 0.322. The van der Waals surface area contributed by atoms with E-state index in [-0.39, 0.29) is 5.91 Å². The van der Waals surface area contributed by atoms with E-state index in [9.17, 15) is 9.59 Å². The van der Waals surface area contributed by atoms with Gasteiger partial charge in [-0.1, -0.05) is 35.0 Å². The van der Waals surface area contributed by atoms with Gasteiger partial charge in [-0.05, 0) is 30.2 Å². The second-order valence-corrected chi connectivity index (χ2v) is 5.01. The fourth-order valence-corrected chi connectivity index (χ4v) is 1.89. The summed E-state index contributed by atoms with van der Waals surface area (Å²) in [7, 11) is 1.50. The molecule has 19 heavy (non-hydrogen) atoms. The third kappa shape index (κ3) is 4.52. The lowest BCUT2D eigenvalue weighted by molar-refractivity contribution is -0.147. The molecule has 0 spiro atoms. The zero-order chi connectivity index (χ0) is 14.4. The molecule has 1 N–H and O–H groups in total. The molecule has 102 valence electrons. The number of nitrogens with zero attached hydrogens (tertiary/aromatic N) is 1. The molecule has 0 saturated heterocycles. The molecule has 1 rings (SSSR count). The maximum absolute atomic E-state index is 11.9. The topological polar surface area (TPSA) is 57.6 Å². The Labute approximate surface area is 120 Å². The summed E-state index contributed by atoms with van der Waals surface area (Å²) in [6.07, 6.45) is 3.43. The average molecular weight is 326 g/mol. The molecule has 1 atom stereocenters. The van der Waals surface area contributed by atoms with Gasteiger partial charge in [0.05, 0.1) is 0 Å². The van der Waals surface area contributed by atoms with Crippen LogP contribution in [0.25, 0.3) is 6.08 Å². The molecule has 1 unspecified atom stereocenters. The first-order chi connectivity index (χ1) is 8.95. The SMILES string of the molecule is CCC(C(=O)O)N(C)C(=O)C=Cc1ccc(Br)cc1. The number of carbonyl (C=O) groups excluding carboxylic acids is 1. The molecular weight excluding hydrogens is 310 g/mol. The van der Waals surface area contributed by atoms with Crippen LogP contribution in [0.2, 0.25) is 0 Å². The number of carboxylic acids is 1. The largest absolute Gasteiger partial charge is 0.480 e. The summed E-state index contributed by atoms with van der Waals surface area (Å²) >= 11 is 3.33. The fraction of sp³-hybridized carbons (Fsp3) is 0.286. The van der Waals surface area contributed by atoms with Gasteiger partial charge in [0.15, 0.2) is 0 Å². The third-order valence-electron chi connectivity index (χ3n) is 2.78. The van der Waals surface area contributed by atoms with Gasteiger partial charge in [0.2, 0.25) is 5.91 Å². The van der Waals surface area contributed by atoms with E-state index < -0.39 is 12.0 Å². The van der Waals surface area contributed by atoms with Crippen LogP contribution < -0.4 is 0 Å². The van der Waals surface area contributed by atoms with Gasteiger partial charge in [-0.2, -0.15) is 0 Å². The summed E-state index contributed by atoms with van der Waals surface area (Å²) in [5, 5.41) is 8.99. The number of hydrogen-bond acceptors (Lipinski definition) is 2. The van der Waals surface area contributed by atoms with E-state index in [1.807, 2.05) is 24.3 Å². The number of carbonyl (C=O) groups is 2. The number of rotatable bonds is 5. The summed E-state index contributed by atoms with van der Waals surface area (Å²) in [5.74, 6) is -1.31. The smallest absolute Gasteiger partial charge is 0.326 e. The number of likely N-dealkylation sites (N-methyl/N-ethyl adjacent to an activating group) is 1. The predicted molar refractivity (Wildman–Crippen MR) is 77.7 cm³/mol. The quantitative estimate of drug-likeness (QED) is 0.847. The number of amides is 1. The van der Waals surface area contributed by atoms with Gasteiger partial charge in [-0.3, -0.25) is 4.79 Å². The van der Waals surface area contributed by atoms with Crippen molar-refractivity contribution in [2.24, 2.45) is 0 Å². The normalized spacial score (nSPS) is 12.4. The maximum Gasteiger partial charge on any atom is 0.326 e. The molecule has 1 aromatic rings. The zero-order valence-corrected chi connectivity index (χ0v) is 12.4. The van der Waals surface area contributed by atoms with Crippen LogP contribution >= 0.6 is 15.9 Å². The molecule has 0 fully saturated rings. The first kappa shape index (κ1) is 15.4. The summed E-state index contributed by atoms with van der Waals surface area (Å²) in [6, 6.07) is 6.69. The molecule has 1 aromatic carbocycles. The second-order valence-electron chi connectivity index (χ2n) is 4.10. The van der Waals surface area contributed by atoms with Crippen LogP contribution in [0, 0.1) is 0 Å². The zero-order valence-electron chi connectivity index (χ0n) is 10.8. The van der Waals surface area contributed by atoms with Crippen molar-refractivity contribution >= 4 is 33.9 Å². The van der Waals surface area contributed by atoms with Gasteiger partial charge in [0, 0.05) is 17.6 Å². The van der Waals surface area contributed by atoms with Crippen molar-refractivity contribution in [3.63, 3.8) is 0 Å². The van der Waals surface area contributed by atoms with E-state index in [0.717, 1.165) is 10.0 Å². The highest BCUT2D eigenvalue weighted by Crippen LogP contribution is 2.12. The predicted octanol–water partition coefficient (Wildman–Crippen LogP) is 2.78. The summed E-state index contributed by atoms with van der Waals surface area (Å²) in [5.41, 5.74) is 0.883. The van der Waals surface area contributed by atoms with E-state index in [4.69, 9.17) is 5.11 Å². The van der Waals surface area contributed by atoms with Crippen molar-refractivity contribution in [2.45, 2.75) is 19.4 Å². The van der Waals surface area contributed by atoms with E-state index in [1.54, 1.807) is 13.0 Å². The van der Waals surface area contributed by atoms with Crippen LogP contribution in [0.15, 0.2) is 34.8 Å². The van der Waals surface area contributed by atoms with Crippen molar-refractivity contribution in [3.8, 4) is 0 Å². The fourth-order valence-electron chi connectivity index (χ4n) is 1.63. The van der Waals surface area contributed by atoms with Gasteiger partial charge in [-0.15, -0.1) is 0 Å². The first-order valence-corrected chi connectivity index (χ1v) is 6.68. The Morgan fingerprint density at radius 3 is 2.42 bits per heavy atom. The number of carboxylic acid groups (broad SMARTS) is 1. The molecule has 0 radical (unpaired) electrons. The van der Waals surface area contributed by atoms with E-state index >= 15 is 0 Å². The van der Waals surface area contributed by atoms with E-state index in [1.165, 1.54) is 18.0 Å². The maximum atomic E-state index is 11.9. The molecule has 0 bridgehead atoms. The van der Waals surface area contributed by atoms with Crippen LogP contribution in [-0.4, -0.2) is 35.0 Å². The third-order valence-corrected chi connectivity index (χ3v) is 3.30. The van der Waals surface area contributed by atoms with Crippen LogP contribution in [-0.2, 0) is 9.59 Å². The Balaban J connectivity index is 2.73. The number of halogens is 1. The summed E-state index contributed by atoms with van der Waals surface area (Å²) in [4.78, 5) is 24.1. The minimum atomic E-state index is -0.990. The van der Waals surface area contributed by atoms with Crippen molar-refractivity contribution in [1.29, 1.82) is 0 Å². The lowest BCUT2D eigenvalue weighted by atomic mass is 10.2.